The molecule has 0 aliphatic carbocycles. The minimum Gasteiger partial charge on any atom is -0.469 e. The van der Waals surface area contributed by atoms with Gasteiger partial charge in [0.1, 0.15) is 5.76 Å². The van der Waals surface area contributed by atoms with Crippen molar-refractivity contribution in [3.63, 3.8) is 0 Å². The molecule has 1 aromatic heterocycles. The van der Waals surface area contributed by atoms with Gasteiger partial charge < -0.3 is 19.4 Å². The molecule has 1 aliphatic rings. The predicted octanol–water partition coefficient (Wildman–Crippen LogP) is 4.54. The molecular weight excluding hydrogens is 497 g/mol. The first kappa shape index (κ1) is 24.1. The van der Waals surface area contributed by atoms with Crippen LogP contribution in [0, 0.1) is 5.92 Å². The molecule has 3 rings (SSSR count). The summed E-state index contributed by atoms with van der Waals surface area (Å²) in [6.07, 6.45) is 3.71. The van der Waals surface area contributed by atoms with Crippen LogP contribution in [0.5, 0.6) is 0 Å². The average Bonchev–Trinajstić information content (AvgIpc) is 3.41. The number of likely N-dealkylation sites (tertiary alicyclic amines) is 1. The van der Waals surface area contributed by atoms with Crippen molar-refractivity contribution in [2.45, 2.75) is 24.7 Å². The van der Waals surface area contributed by atoms with Crippen LogP contribution >= 0.6 is 35.7 Å². The summed E-state index contributed by atoms with van der Waals surface area (Å²) in [5.74, 6) is 3.60. The number of nitrogens with zero attached hydrogens (tertiary/aromatic N) is 2. The van der Waals surface area contributed by atoms with Crippen LogP contribution in [0.1, 0.15) is 19.1 Å². The van der Waals surface area contributed by atoms with E-state index in [2.05, 4.69) is 47.5 Å². The van der Waals surface area contributed by atoms with Gasteiger partial charge in [0.25, 0.3) is 0 Å². The largest absolute Gasteiger partial charge is 0.469 e. The Hall–Kier alpha value is -1.19. The van der Waals surface area contributed by atoms with E-state index in [9.17, 15) is 0 Å². The zero-order valence-corrected chi connectivity index (χ0v) is 20.2. The van der Waals surface area contributed by atoms with E-state index in [-0.39, 0.29) is 24.0 Å². The Labute approximate surface area is 195 Å². The van der Waals surface area contributed by atoms with Gasteiger partial charge in [-0.25, -0.2) is 0 Å². The molecule has 7 heteroatoms. The van der Waals surface area contributed by atoms with Crippen molar-refractivity contribution >= 4 is 41.7 Å². The van der Waals surface area contributed by atoms with E-state index in [0.29, 0.717) is 5.92 Å². The van der Waals surface area contributed by atoms with E-state index in [4.69, 9.17) is 14.1 Å². The van der Waals surface area contributed by atoms with Gasteiger partial charge in [0.15, 0.2) is 5.96 Å². The van der Waals surface area contributed by atoms with Gasteiger partial charge in [0, 0.05) is 55.8 Å². The van der Waals surface area contributed by atoms with Crippen LogP contribution in [0.15, 0.2) is 63.0 Å². The maximum Gasteiger partial charge on any atom is 0.193 e. The van der Waals surface area contributed by atoms with E-state index in [1.807, 2.05) is 23.9 Å². The first-order chi connectivity index (χ1) is 13.8. The highest BCUT2D eigenvalue weighted by atomic mass is 127. The summed E-state index contributed by atoms with van der Waals surface area (Å²) in [5, 5.41) is 3.57. The Morgan fingerprint density at radius 2 is 2.14 bits per heavy atom. The normalized spacial score (nSPS) is 16.7. The van der Waals surface area contributed by atoms with Crippen LogP contribution in [-0.4, -0.2) is 56.0 Å². The number of thioether (sulfide) groups is 1. The van der Waals surface area contributed by atoms with Crippen LogP contribution in [0.25, 0.3) is 0 Å². The maximum absolute atomic E-state index is 5.62. The van der Waals surface area contributed by atoms with Crippen molar-refractivity contribution < 1.29 is 9.15 Å². The third-order valence-corrected chi connectivity index (χ3v) is 5.75. The second kappa shape index (κ2) is 13.9. The molecule has 2 aromatic rings. The maximum atomic E-state index is 5.62. The van der Waals surface area contributed by atoms with Crippen molar-refractivity contribution in [2.24, 2.45) is 10.9 Å². The van der Waals surface area contributed by atoms with Gasteiger partial charge in [-0.2, -0.15) is 0 Å². The summed E-state index contributed by atoms with van der Waals surface area (Å²) >= 11 is 1.87. The highest BCUT2D eigenvalue weighted by Gasteiger charge is 2.25. The SMILES string of the molecule is CCOCC1CCN(C(=NCCc2ccco2)NCCSc2ccccc2)C1.I. The van der Waals surface area contributed by atoms with Crippen LogP contribution in [0.4, 0.5) is 0 Å². The van der Waals surface area contributed by atoms with Gasteiger partial charge in [-0.3, -0.25) is 4.99 Å². The molecular formula is C22H32IN3O2S. The summed E-state index contributed by atoms with van der Waals surface area (Å²) in [5.41, 5.74) is 0. The molecule has 5 nitrogen and oxygen atoms in total. The number of halogens is 1. The topological polar surface area (TPSA) is 50.0 Å². The summed E-state index contributed by atoms with van der Waals surface area (Å²) < 4.78 is 11.0. The second-order valence-corrected chi connectivity index (χ2v) is 8.05. The van der Waals surface area contributed by atoms with Gasteiger partial charge in [0.2, 0.25) is 0 Å². The molecule has 1 aromatic carbocycles. The number of hydrogen-bond donors (Lipinski definition) is 1. The quantitative estimate of drug-likeness (QED) is 0.161. The van der Waals surface area contributed by atoms with E-state index in [1.165, 1.54) is 4.90 Å². The summed E-state index contributed by atoms with van der Waals surface area (Å²) in [4.78, 5) is 8.54. The molecule has 1 unspecified atom stereocenters. The highest BCUT2D eigenvalue weighted by molar-refractivity contribution is 14.0. The molecule has 0 amide bonds. The van der Waals surface area contributed by atoms with Crippen LogP contribution in [-0.2, 0) is 11.2 Å². The lowest BCUT2D eigenvalue weighted by atomic mass is 10.1. The number of rotatable bonds is 10. The number of nitrogens with one attached hydrogen (secondary N) is 1. The first-order valence-corrected chi connectivity index (χ1v) is 11.1. The Kier molecular flexibility index (Phi) is 11.6. The Balaban J connectivity index is 0.00000300. The molecule has 0 bridgehead atoms. The third-order valence-electron chi connectivity index (χ3n) is 4.74. The van der Waals surface area contributed by atoms with Crippen LogP contribution < -0.4 is 5.32 Å². The number of hydrogen-bond acceptors (Lipinski definition) is 4. The molecule has 1 N–H and O–H groups in total. The Morgan fingerprint density at radius 1 is 1.28 bits per heavy atom. The molecule has 0 saturated carbocycles. The number of aliphatic imine (C=N–C) groups is 1. The molecule has 1 saturated heterocycles. The Morgan fingerprint density at radius 3 is 2.90 bits per heavy atom. The number of guanidine groups is 1. The third kappa shape index (κ3) is 8.60. The molecule has 1 atom stereocenters. The lowest BCUT2D eigenvalue weighted by Crippen LogP contribution is -2.41. The van der Waals surface area contributed by atoms with Crippen LogP contribution in [0.3, 0.4) is 0 Å². The van der Waals surface area contributed by atoms with Crippen molar-refractivity contribution in [1.29, 1.82) is 0 Å². The molecule has 1 aliphatic heterocycles. The van der Waals surface area contributed by atoms with Crippen LogP contribution in [0.2, 0.25) is 0 Å². The number of benzene rings is 1. The monoisotopic (exact) mass is 529 g/mol. The molecule has 29 heavy (non-hydrogen) atoms. The summed E-state index contributed by atoms with van der Waals surface area (Å²) in [7, 11) is 0. The smallest absolute Gasteiger partial charge is 0.193 e. The van der Waals surface area contributed by atoms with Crippen molar-refractivity contribution in [3.8, 4) is 0 Å². The number of furan rings is 1. The van der Waals surface area contributed by atoms with Gasteiger partial charge in [-0.1, -0.05) is 18.2 Å². The van der Waals surface area contributed by atoms with E-state index >= 15 is 0 Å². The lowest BCUT2D eigenvalue weighted by molar-refractivity contribution is 0.114. The van der Waals surface area contributed by atoms with E-state index < -0.39 is 0 Å². The van der Waals surface area contributed by atoms with Crippen molar-refractivity contribution in [3.05, 3.63) is 54.5 Å². The minimum absolute atomic E-state index is 0. The van der Waals surface area contributed by atoms with Gasteiger partial charge in [-0.15, -0.1) is 35.7 Å². The first-order valence-electron chi connectivity index (χ1n) is 10.2. The van der Waals surface area contributed by atoms with Gasteiger partial charge >= 0.3 is 0 Å². The standard InChI is InChI=1S/C22H31N3O2S.HI/c1-2-26-18-19-11-14-25(17-19)22(23-12-10-20-7-6-15-27-20)24-13-16-28-21-8-4-3-5-9-21;/h3-9,15,19H,2,10-14,16-18H2,1H3,(H,23,24);1H. The minimum atomic E-state index is 0. The lowest BCUT2D eigenvalue weighted by Gasteiger charge is -2.22. The molecule has 0 spiro atoms. The van der Waals surface area contributed by atoms with E-state index in [0.717, 1.165) is 69.7 Å². The van der Waals surface area contributed by atoms with Gasteiger partial charge in [-0.05, 0) is 37.6 Å². The zero-order valence-electron chi connectivity index (χ0n) is 17.1. The molecule has 1 fully saturated rings. The number of ether oxygens (including phenoxy) is 1. The summed E-state index contributed by atoms with van der Waals surface area (Å²) in [6.45, 7) is 7.36. The fourth-order valence-corrected chi connectivity index (χ4v) is 4.08. The van der Waals surface area contributed by atoms with E-state index in [1.54, 1.807) is 6.26 Å². The summed E-state index contributed by atoms with van der Waals surface area (Å²) in [6, 6.07) is 14.5. The predicted molar refractivity (Wildman–Crippen MR) is 131 cm³/mol. The molecule has 160 valence electrons. The second-order valence-electron chi connectivity index (χ2n) is 6.88. The fourth-order valence-electron chi connectivity index (χ4n) is 3.29. The highest BCUT2D eigenvalue weighted by Crippen LogP contribution is 2.18. The Bertz CT molecular complexity index is 697. The average molecular weight is 529 g/mol. The fraction of sp³-hybridized carbons (Fsp3) is 0.500. The molecule has 0 radical (unpaired) electrons. The molecule has 2 heterocycles. The zero-order chi connectivity index (χ0) is 19.4. The van der Waals surface area contributed by atoms with Crippen molar-refractivity contribution in [2.75, 3.05) is 45.1 Å². The van der Waals surface area contributed by atoms with Gasteiger partial charge in [0.05, 0.1) is 12.9 Å². The van der Waals surface area contributed by atoms with Crippen molar-refractivity contribution in [1.82, 2.24) is 10.2 Å².